The van der Waals surface area contributed by atoms with Crippen LogP contribution in [0.4, 0.5) is 10.8 Å². The molecular weight excluding hydrogens is 286 g/mol. The molecule has 2 heterocycles. The summed E-state index contributed by atoms with van der Waals surface area (Å²) in [5, 5.41) is 3.36. The van der Waals surface area contributed by atoms with E-state index in [9.17, 15) is 9.59 Å². The van der Waals surface area contributed by atoms with Crippen LogP contribution in [0.3, 0.4) is 0 Å². The van der Waals surface area contributed by atoms with Crippen molar-refractivity contribution in [3.8, 4) is 0 Å². The lowest BCUT2D eigenvalue weighted by atomic mass is 10.2. The van der Waals surface area contributed by atoms with Crippen molar-refractivity contribution in [1.29, 1.82) is 0 Å². The molecule has 1 aromatic heterocycles. The van der Waals surface area contributed by atoms with Crippen LogP contribution >= 0.6 is 11.3 Å². The minimum atomic E-state index is -0.191. The summed E-state index contributed by atoms with van der Waals surface area (Å²) in [7, 11) is 0. The fourth-order valence-electron chi connectivity index (χ4n) is 2.30. The first kappa shape index (κ1) is 13.8. The van der Waals surface area contributed by atoms with Gasteiger partial charge in [0.25, 0.3) is 5.91 Å². The summed E-state index contributed by atoms with van der Waals surface area (Å²) in [4.78, 5) is 30.7. The van der Waals surface area contributed by atoms with Crippen molar-refractivity contribution in [2.45, 2.75) is 19.8 Å². The lowest BCUT2D eigenvalue weighted by Crippen LogP contribution is -2.23. The number of hydrogen-bond donors (Lipinski definition) is 1. The molecule has 5 nitrogen and oxygen atoms in total. The molecule has 1 aliphatic rings. The number of aryl methyl sites for hydroxylation is 1. The minimum absolute atomic E-state index is 0.144. The van der Waals surface area contributed by atoms with E-state index in [2.05, 4.69) is 10.3 Å². The first-order valence-corrected chi connectivity index (χ1v) is 7.59. The molecule has 0 atom stereocenters. The van der Waals surface area contributed by atoms with Crippen molar-refractivity contribution in [3.63, 3.8) is 0 Å². The van der Waals surface area contributed by atoms with Gasteiger partial charge in [-0.3, -0.25) is 14.9 Å². The Labute approximate surface area is 126 Å². The lowest BCUT2D eigenvalue weighted by molar-refractivity contribution is -0.117. The van der Waals surface area contributed by atoms with Gasteiger partial charge in [0.2, 0.25) is 5.91 Å². The van der Waals surface area contributed by atoms with Gasteiger partial charge in [-0.15, -0.1) is 11.3 Å². The van der Waals surface area contributed by atoms with Crippen molar-refractivity contribution in [3.05, 3.63) is 40.9 Å². The maximum Gasteiger partial charge on any atom is 0.257 e. The van der Waals surface area contributed by atoms with E-state index < -0.39 is 0 Å². The van der Waals surface area contributed by atoms with Gasteiger partial charge in [0, 0.05) is 35.3 Å². The van der Waals surface area contributed by atoms with Crippen molar-refractivity contribution in [2.75, 3.05) is 16.8 Å². The van der Waals surface area contributed by atoms with Gasteiger partial charge in [-0.25, -0.2) is 4.98 Å². The van der Waals surface area contributed by atoms with Gasteiger partial charge in [0.1, 0.15) is 0 Å². The fourth-order valence-corrected chi connectivity index (χ4v) is 2.96. The molecule has 0 unspecified atom stereocenters. The zero-order valence-corrected chi connectivity index (χ0v) is 12.4. The normalized spacial score (nSPS) is 14.5. The summed E-state index contributed by atoms with van der Waals surface area (Å²) in [6, 6.07) is 7.09. The Morgan fingerprint density at radius 3 is 2.67 bits per heavy atom. The van der Waals surface area contributed by atoms with Gasteiger partial charge >= 0.3 is 0 Å². The van der Waals surface area contributed by atoms with Crippen LogP contribution < -0.4 is 10.2 Å². The maximum atomic E-state index is 12.1. The largest absolute Gasteiger partial charge is 0.312 e. The van der Waals surface area contributed by atoms with Crippen LogP contribution in [0.25, 0.3) is 0 Å². The smallest absolute Gasteiger partial charge is 0.257 e. The van der Waals surface area contributed by atoms with Crippen molar-refractivity contribution in [1.82, 2.24) is 4.98 Å². The van der Waals surface area contributed by atoms with Crippen LogP contribution in [0, 0.1) is 6.92 Å². The van der Waals surface area contributed by atoms with Crippen LogP contribution in [0.15, 0.2) is 30.5 Å². The molecule has 1 aromatic carbocycles. The first-order chi connectivity index (χ1) is 10.1. The predicted octanol–water partition coefficient (Wildman–Crippen LogP) is 2.83. The summed E-state index contributed by atoms with van der Waals surface area (Å²) in [5.41, 5.74) is 1.40. The molecule has 2 aromatic rings. The zero-order chi connectivity index (χ0) is 14.8. The van der Waals surface area contributed by atoms with Crippen molar-refractivity contribution >= 4 is 34.0 Å². The van der Waals surface area contributed by atoms with E-state index in [4.69, 9.17) is 0 Å². The maximum absolute atomic E-state index is 12.1. The van der Waals surface area contributed by atoms with E-state index in [1.54, 1.807) is 23.2 Å². The number of aromatic nitrogens is 1. The van der Waals surface area contributed by atoms with Crippen LogP contribution in [0.2, 0.25) is 0 Å². The first-order valence-electron chi connectivity index (χ1n) is 6.78. The average Bonchev–Trinajstić information content (AvgIpc) is 3.08. The molecule has 0 saturated carbocycles. The summed E-state index contributed by atoms with van der Waals surface area (Å²) >= 11 is 1.44. The van der Waals surface area contributed by atoms with E-state index in [-0.39, 0.29) is 11.8 Å². The number of carbonyl (C=O) groups excluding carboxylic acids is 2. The number of anilines is 2. The Morgan fingerprint density at radius 2 is 2.10 bits per heavy atom. The number of nitrogens with zero attached hydrogens (tertiary/aromatic N) is 2. The van der Waals surface area contributed by atoms with Gasteiger partial charge in [-0.2, -0.15) is 0 Å². The van der Waals surface area contributed by atoms with E-state index in [1.807, 2.05) is 19.1 Å². The van der Waals surface area contributed by atoms with Crippen molar-refractivity contribution < 1.29 is 9.59 Å². The molecule has 6 heteroatoms. The zero-order valence-electron chi connectivity index (χ0n) is 11.6. The van der Waals surface area contributed by atoms with Crippen LogP contribution in [-0.4, -0.2) is 23.3 Å². The Hall–Kier alpha value is -2.21. The molecule has 1 aliphatic heterocycles. The summed E-state index contributed by atoms with van der Waals surface area (Å²) in [6.07, 6.45) is 3.22. The monoisotopic (exact) mass is 301 g/mol. The topological polar surface area (TPSA) is 62.3 Å². The lowest BCUT2D eigenvalue weighted by Gasteiger charge is -2.15. The number of amides is 2. The van der Waals surface area contributed by atoms with E-state index in [0.29, 0.717) is 17.1 Å². The number of thiazole rings is 1. The molecule has 2 amide bonds. The van der Waals surface area contributed by atoms with Gasteiger partial charge in [-0.1, -0.05) is 0 Å². The van der Waals surface area contributed by atoms with E-state index >= 15 is 0 Å². The molecule has 0 spiro atoms. The van der Waals surface area contributed by atoms with Gasteiger partial charge < -0.3 is 4.90 Å². The Morgan fingerprint density at radius 1 is 1.33 bits per heavy atom. The average molecular weight is 301 g/mol. The van der Waals surface area contributed by atoms with Crippen molar-refractivity contribution in [2.24, 2.45) is 0 Å². The molecule has 1 fully saturated rings. The van der Waals surface area contributed by atoms with Gasteiger partial charge in [0.15, 0.2) is 5.13 Å². The standard InChI is InChI=1S/C15H15N3O2S/c1-10-9-16-15(21-10)17-14(20)11-4-6-12(7-5-11)18-8-2-3-13(18)19/h4-7,9H,2-3,8H2,1H3,(H,16,17,20). The Kier molecular flexibility index (Phi) is 3.70. The number of benzene rings is 1. The number of carbonyl (C=O) groups is 2. The third kappa shape index (κ3) is 2.95. The molecule has 0 radical (unpaired) electrons. The second-order valence-corrected chi connectivity index (χ2v) is 6.16. The van der Waals surface area contributed by atoms with Crippen LogP contribution in [0.1, 0.15) is 28.1 Å². The van der Waals surface area contributed by atoms with Crippen LogP contribution in [-0.2, 0) is 4.79 Å². The highest BCUT2D eigenvalue weighted by Gasteiger charge is 2.21. The summed E-state index contributed by atoms with van der Waals surface area (Å²) in [5.74, 6) is -0.0471. The van der Waals surface area contributed by atoms with Gasteiger partial charge in [0.05, 0.1) is 0 Å². The Balaban J connectivity index is 1.71. The molecule has 21 heavy (non-hydrogen) atoms. The van der Waals surface area contributed by atoms with Gasteiger partial charge in [-0.05, 0) is 37.6 Å². The summed E-state index contributed by atoms with van der Waals surface area (Å²) < 4.78 is 0. The quantitative estimate of drug-likeness (QED) is 0.948. The van der Waals surface area contributed by atoms with Crippen LogP contribution in [0.5, 0.6) is 0 Å². The SMILES string of the molecule is Cc1cnc(NC(=O)c2ccc(N3CCCC3=O)cc2)s1. The van der Waals surface area contributed by atoms with E-state index in [0.717, 1.165) is 23.5 Å². The fraction of sp³-hybridized carbons (Fsp3) is 0.267. The third-order valence-corrected chi connectivity index (χ3v) is 4.18. The molecular formula is C15H15N3O2S. The molecule has 1 saturated heterocycles. The number of nitrogens with one attached hydrogen (secondary N) is 1. The molecule has 3 rings (SSSR count). The second kappa shape index (κ2) is 5.65. The number of hydrogen-bond acceptors (Lipinski definition) is 4. The summed E-state index contributed by atoms with van der Waals surface area (Å²) in [6.45, 7) is 2.69. The molecule has 1 N–H and O–H groups in total. The highest BCUT2D eigenvalue weighted by atomic mass is 32.1. The molecule has 0 aliphatic carbocycles. The molecule has 108 valence electrons. The highest BCUT2D eigenvalue weighted by Crippen LogP contribution is 2.22. The Bertz CT molecular complexity index is 678. The minimum Gasteiger partial charge on any atom is -0.312 e. The van der Waals surface area contributed by atoms with E-state index in [1.165, 1.54) is 11.3 Å². The third-order valence-electron chi connectivity index (χ3n) is 3.36. The molecule has 0 bridgehead atoms. The highest BCUT2D eigenvalue weighted by molar-refractivity contribution is 7.15. The number of rotatable bonds is 3. The predicted molar refractivity (Wildman–Crippen MR) is 82.8 cm³/mol. The second-order valence-electron chi connectivity index (χ2n) is 4.93.